The van der Waals surface area contributed by atoms with Gasteiger partial charge in [-0.25, -0.2) is 8.78 Å². The van der Waals surface area contributed by atoms with Gasteiger partial charge in [0.05, 0.1) is 11.1 Å². The fourth-order valence-electron chi connectivity index (χ4n) is 15.6. The molecule has 0 saturated heterocycles. The molecule has 2 aromatic heterocycles. The van der Waals surface area contributed by atoms with Crippen LogP contribution in [0, 0.1) is 36.5 Å². The third-order valence-electron chi connectivity index (χ3n) is 20.2. The topological polar surface area (TPSA) is 50.3 Å². The summed E-state index contributed by atoms with van der Waals surface area (Å²) in [5, 5.41) is 29.6. The van der Waals surface area contributed by atoms with Crippen LogP contribution >= 0.6 is 0 Å². The number of fused-ring (bicyclic) bond motifs is 6. The first kappa shape index (κ1) is 75.1. The van der Waals surface area contributed by atoms with E-state index in [9.17, 15) is 10.2 Å². The van der Waals surface area contributed by atoms with Gasteiger partial charge in [-0.05, 0) is 164 Å². The number of aliphatic hydroxyl groups excluding tert-OH is 2. The Morgan fingerprint density at radius 2 is 0.615 bits per heavy atom. The average molecular weight is 1400 g/mol. The van der Waals surface area contributed by atoms with Gasteiger partial charge in [0.1, 0.15) is 23.5 Å². The van der Waals surface area contributed by atoms with E-state index in [1.165, 1.54) is 22.3 Å². The van der Waals surface area contributed by atoms with Crippen molar-refractivity contribution in [2.24, 2.45) is 21.7 Å². The van der Waals surface area contributed by atoms with E-state index in [-0.39, 0.29) is 86.0 Å². The summed E-state index contributed by atoms with van der Waals surface area (Å²) in [6.07, 6.45) is 3.46. The maximum Gasteiger partial charge on any atom is 0.137 e. The molecule has 6 aromatic carbocycles. The molecule has 91 heavy (non-hydrogen) atoms. The van der Waals surface area contributed by atoms with Gasteiger partial charge in [-0.15, -0.1) is 0 Å². The molecule has 10 rings (SSSR count). The minimum Gasteiger partial charge on any atom is -0.386 e. The zero-order valence-electron chi connectivity index (χ0n) is 60.9. The van der Waals surface area contributed by atoms with E-state index in [1.807, 2.05) is 60.7 Å². The van der Waals surface area contributed by atoms with E-state index in [1.54, 1.807) is 12.2 Å². The Hall–Kier alpha value is -4.95. The van der Waals surface area contributed by atoms with Crippen molar-refractivity contribution in [1.82, 2.24) is 9.13 Å². The number of allylic oxidation sites excluding steroid dienone is 2. The van der Waals surface area contributed by atoms with Gasteiger partial charge >= 0.3 is 0 Å². The zero-order valence-corrected chi connectivity index (χ0v) is 64.5. The summed E-state index contributed by atoms with van der Waals surface area (Å²) in [5.41, 5.74) is 5.41. The number of halogens is 2. The maximum absolute atomic E-state index is 18.1. The number of rotatable bonds is 8. The molecule has 4 nitrogen and oxygen atoms in total. The molecule has 2 heterocycles. The number of nitrogens with zero attached hydrogens (tertiary/aromatic N) is 2. The molecule has 0 saturated carbocycles. The molecule has 8 aromatic rings. The van der Waals surface area contributed by atoms with Gasteiger partial charge in [0.15, 0.2) is 0 Å². The predicted molar refractivity (Wildman–Crippen MR) is 387 cm³/mol. The van der Waals surface area contributed by atoms with Gasteiger partial charge in [-0.2, -0.15) is 0 Å². The van der Waals surface area contributed by atoms with Gasteiger partial charge in [0.2, 0.25) is 0 Å². The fourth-order valence-corrected chi connectivity index (χ4v) is 15.6. The second-order valence-corrected chi connectivity index (χ2v) is 35.4. The summed E-state index contributed by atoms with van der Waals surface area (Å²) in [6, 6.07) is 46.7. The van der Waals surface area contributed by atoms with E-state index >= 15 is 8.78 Å². The van der Waals surface area contributed by atoms with Crippen LogP contribution in [0.4, 0.5) is 8.78 Å². The van der Waals surface area contributed by atoms with E-state index in [0.29, 0.717) is 24.0 Å². The van der Waals surface area contributed by atoms with Crippen LogP contribution in [0.3, 0.4) is 0 Å². The number of hydrogen-bond donors (Lipinski definition) is 2. The van der Waals surface area contributed by atoms with Crippen LogP contribution in [0.25, 0.3) is 54.8 Å². The third kappa shape index (κ3) is 14.2. The van der Waals surface area contributed by atoms with Crippen molar-refractivity contribution in [1.29, 1.82) is 0 Å². The molecule has 0 fully saturated rings. The molecule has 2 aliphatic rings. The van der Waals surface area contributed by atoms with Crippen molar-refractivity contribution in [2.45, 2.75) is 248 Å². The summed E-state index contributed by atoms with van der Waals surface area (Å²) in [4.78, 5) is 0. The van der Waals surface area contributed by atoms with Crippen molar-refractivity contribution in [3.05, 3.63) is 194 Å². The van der Waals surface area contributed by atoms with Crippen LogP contribution in [0.5, 0.6) is 0 Å². The third-order valence-corrected chi connectivity index (χ3v) is 20.2. The zero-order chi connectivity index (χ0) is 65.3. The number of aromatic nitrogens is 2. The summed E-state index contributed by atoms with van der Waals surface area (Å²) in [5.74, 6) is 0. The van der Waals surface area contributed by atoms with E-state index in [4.69, 9.17) is 0 Å². The molecule has 2 aliphatic carbocycles. The van der Waals surface area contributed by atoms with Gasteiger partial charge < -0.3 is 34.2 Å². The molecule has 0 aliphatic heterocycles. The first-order valence-corrected chi connectivity index (χ1v) is 32.6. The van der Waals surface area contributed by atoms with Crippen molar-refractivity contribution in [2.75, 3.05) is 0 Å². The quantitative estimate of drug-likeness (QED) is 0.118. The molecular formula is C84H114F2HfN2O2-2. The van der Waals surface area contributed by atoms with Crippen LogP contribution in [0.2, 0.25) is 0 Å². The Kier molecular flexibility index (Phi) is 20.6. The van der Waals surface area contributed by atoms with Crippen LogP contribution < -0.4 is 0 Å². The Morgan fingerprint density at radius 1 is 0.385 bits per heavy atom. The van der Waals surface area contributed by atoms with Gasteiger partial charge in [-0.1, -0.05) is 237 Å². The molecule has 0 spiro atoms. The van der Waals surface area contributed by atoms with Crippen LogP contribution in [-0.2, 0) is 58.6 Å². The predicted octanol–water partition coefficient (Wildman–Crippen LogP) is 23.1. The molecule has 492 valence electrons. The van der Waals surface area contributed by atoms with Crippen molar-refractivity contribution >= 4 is 54.8 Å². The molecule has 6 unspecified atom stereocenters. The molecule has 0 radical (unpaired) electrons. The molecule has 0 bridgehead atoms. The van der Waals surface area contributed by atoms with E-state index in [2.05, 4.69) is 248 Å². The Labute approximate surface area is 568 Å². The SMILES string of the molecule is CC(C)(C)CC(C)(C)C1(F)C=C(c2ccccc2)C(O)C(C)(n2c3ccc(C(C)(C)C)cc3c3cc(C(C)(C)C)ccc32)C1.CC(C)(C)CC(C)(C)C1(F)C=C(c2ccccc2)C(O)C(C)(n2c3ccc(C(C)(C)C)cc3c3cc(C(C)(C)C)ccc32)C1.[CH3-].[CH3-].[Hf]. The van der Waals surface area contributed by atoms with E-state index in [0.717, 1.165) is 54.7 Å². The summed E-state index contributed by atoms with van der Waals surface area (Å²) < 4.78 is 40.8. The number of alkyl halides is 2. The molecular weight excluding hydrogens is 1290 g/mol. The van der Waals surface area contributed by atoms with Crippen LogP contribution in [-0.4, -0.2) is 42.9 Å². The van der Waals surface area contributed by atoms with Gasteiger partial charge in [0.25, 0.3) is 0 Å². The van der Waals surface area contributed by atoms with Crippen LogP contribution in [0.1, 0.15) is 225 Å². The molecule has 0 amide bonds. The average Bonchev–Trinajstić information content (AvgIpc) is 1.60. The van der Waals surface area contributed by atoms with Crippen molar-refractivity contribution in [3.8, 4) is 0 Å². The van der Waals surface area contributed by atoms with Gasteiger partial charge in [-0.3, -0.25) is 0 Å². The summed E-state index contributed by atoms with van der Waals surface area (Å²) in [7, 11) is 0. The second kappa shape index (κ2) is 25.0. The first-order valence-electron chi connectivity index (χ1n) is 32.6. The number of aliphatic hydroxyl groups is 2. The monoisotopic (exact) mass is 1400 g/mol. The smallest absolute Gasteiger partial charge is 0.137 e. The first-order chi connectivity index (χ1) is 40.1. The Balaban J connectivity index is 0.000000280. The standard InChI is InChI=1S/2C41H54FNO.2CH3.Hf/c2*1-36(2,3)25-39(10,11)41(42)24-32(27-16-14-13-15-17-27)35(44)40(12,26-41)43-33-20-18-28(37(4,5)6)22-30(33)31-23-29(38(7,8)9)19-21-34(31)43;;;/h2*13-24,35,44H,25-26H2,1-12H3;2*1H3;/q;;2*-1;. The fraction of sp³-hybridized carbons (Fsp3) is 0.500. The van der Waals surface area contributed by atoms with Crippen molar-refractivity contribution < 1.29 is 44.8 Å². The Bertz CT molecular complexity index is 3570. The van der Waals surface area contributed by atoms with Gasteiger partial charge in [0, 0.05) is 93.1 Å². The Morgan fingerprint density at radius 3 is 0.824 bits per heavy atom. The summed E-state index contributed by atoms with van der Waals surface area (Å²) >= 11 is 0. The second-order valence-electron chi connectivity index (χ2n) is 35.4. The maximum atomic E-state index is 18.1. The largest absolute Gasteiger partial charge is 0.386 e. The minimum atomic E-state index is -1.67. The van der Waals surface area contributed by atoms with E-state index < -0.39 is 45.5 Å². The van der Waals surface area contributed by atoms with Crippen LogP contribution in [0.15, 0.2) is 146 Å². The minimum absolute atomic E-state index is 0. The normalized spacial score (nSPS) is 23.0. The molecule has 2 N–H and O–H groups in total. The summed E-state index contributed by atoms with van der Waals surface area (Å²) in [6.45, 7) is 52.4. The van der Waals surface area contributed by atoms with Crippen molar-refractivity contribution in [3.63, 3.8) is 0 Å². The number of hydrogen-bond acceptors (Lipinski definition) is 2. The molecule has 7 heteroatoms. The number of benzene rings is 6. The molecule has 6 atom stereocenters.